The molecule has 1 aromatic heterocycles. The largest absolute Gasteiger partial charge is 0.383 e. The fourth-order valence-corrected chi connectivity index (χ4v) is 4.76. The van der Waals surface area contributed by atoms with Crippen LogP contribution in [-0.4, -0.2) is 66.2 Å². The van der Waals surface area contributed by atoms with Crippen LogP contribution in [0.4, 0.5) is 0 Å². The predicted molar refractivity (Wildman–Crippen MR) is 110 cm³/mol. The van der Waals surface area contributed by atoms with Crippen LogP contribution in [0, 0.1) is 12.8 Å². The van der Waals surface area contributed by atoms with Crippen LogP contribution in [0.3, 0.4) is 0 Å². The van der Waals surface area contributed by atoms with Crippen molar-refractivity contribution in [2.24, 2.45) is 13.0 Å². The molecule has 0 unspecified atom stereocenters. The van der Waals surface area contributed by atoms with Crippen LogP contribution < -0.4 is 5.43 Å². The van der Waals surface area contributed by atoms with Crippen molar-refractivity contribution < 1.29 is 9.53 Å². The van der Waals surface area contributed by atoms with E-state index in [1.165, 1.54) is 0 Å². The molecule has 3 aliphatic heterocycles. The van der Waals surface area contributed by atoms with Crippen LogP contribution in [0.15, 0.2) is 29.2 Å². The molecule has 6 nitrogen and oxygen atoms in total. The SMILES string of the molecule is COCCN1C[C@H]2CC[C@@H]1CN(C(=O)c1cn(C)c3ccc(C)cc3c1=O)C2. The molecule has 2 bridgehead atoms. The quantitative estimate of drug-likeness (QED) is 0.811. The molecule has 2 aromatic rings. The minimum absolute atomic E-state index is 0.130. The predicted octanol–water partition coefficient (Wildman–Crippen LogP) is 2.03. The summed E-state index contributed by atoms with van der Waals surface area (Å²) in [6, 6.07) is 6.17. The van der Waals surface area contributed by atoms with Crippen LogP contribution >= 0.6 is 0 Å². The molecule has 0 radical (unpaired) electrons. The maximum absolute atomic E-state index is 13.4. The second-order valence-electron chi connectivity index (χ2n) is 8.30. The lowest BCUT2D eigenvalue weighted by atomic mass is 9.95. The Morgan fingerprint density at radius 3 is 2.82 bits per heavy atom. The Bertz CT molecular complexity index is 952. The number of benzene rings is 1. The van der Waals surface area contributed by atoms with Gasteiger partial charge >= 0.3 is 0 Å². The summed E-state index contributed by atoms with van der Waals surface area (Å²) in [5.41, 5.74) is 2.00. The number of aryl methyl sites for hydroxylation is 2. The normalized spacial score (nSPS) is 22.6. The second-order valence-corrected chi connectivity index (χ2v) is 8.30. The van der Waals surface area contributed by atoms with Crippen molar-refractivity contribution >= 4 is 16.8 Å². The van der Waals surface area contributed by atoms with Crippen LogP contribution in [0.2, 0.25) is 0 Å². The molecule has 3 saturated heterocycles. The highest BCUT2D eigenvalue weighted by Gasteiger charge is 2.37. The number of fused-ring (bicyclic) bond motifs is 5. The molecule has 5 rings (SSSR count). The molecular weight excluding hydrogens is 354 g/mol. The summed E-state index contributed by atoms with van der Waals surface area (Å²) in [5.74, 6) is 0.334. The van der Waals surface area contributed by atoms with Gasteiger partial charge in [0.1, 0.15) is 5.56 Å². The third-order valence-corrected chi connectivity index (χ3v) is 6.27. The van der Waals surface area contributed by atoms with Gasteiger partial charge in [0, 0.05) is 58.0 Å². The summed E-state index contributed by atoms with van der Waals surface area (Å²) in [6.07, 6.45) is 3.96. The zero-order chi connectivity index (χ0) is 19.8. The van der Waals surface area contributed by atoms with Crippen LogP contribution in [0.25, 0.3) is 10.9 Å². The average Bonchev–Trinajstić information content (AvgIpc) is 3.00. The van der Waals surface area contributed by atoms with Gasteiger partial charge in [-0.1, -0.05) is 11.6 Å². The van der Waals surface area contributed by atoms with E-state index in [2.05, 4.69) is 4.90 Å². The van der Waals surface area contributed by atoms with Crippen molar-refractivity contribution in [2.75, 3.05) is 39.9 Å². The van der Waals surface area contributed by atoms with E-state index in [0.717, 1.165) is 43.6 Å². The van der Waals surface area contributed by atoms with Crippen molar-refractivity contribution in [1.29, 1.82) is 0 Å². The summed E-state index contributed by atoms with van der Waals surface area (Å²) < 4.78 is 7.14. The van der Waals surface area contributed by atoms with Gasteiger partial charge in [-0.3, -0.25) is 14.5 Å². The lowest BCUT2D eigenvalue weighted by Crippen LogP contribution is -2.46. The van der Waals surface area contributed by atoms with Gasteiger partial charge < -0.3 is 14.2 Å². The summed E-state index contributed by atoms with van der Waals surface area (Å²) in [7, 11) is 3.62. The smallest absolute Gasteiger partial charge is 0.259 e. The minimum Gasteiger partial charge on any atom is -0.383 e. The fraction of sp³-hybridized carbons (Fsp3) is 0.545. The first-order valence-corrected chi connectivity index (χ1v) is 10.1. The Morgan fingerprint density at radius 1 is 1.21 bits per heavy atom. The molecule has 3 aliphatic rings. The Labute approximate surface area is 165 Å². The number of rotatable bonds is 4. The van der Waals surface area contributed by atoms with Gasteiger partial charge in [-0.05, 0) is 37.8 Å². The van der Waals surface area contributed by atoms with E-state index < -0.39 is 0 Å². The Morgan fingerprint density at radius 2 is 2.04 bits per heavy atom. The van der Waals surface area contributed by atoms with Gasteiger partial charge in [0.2, 0.25) is 5.43 Å². The highest BCUT2D eigenvalue weighted by atomic mass is 16.5. The van der Waals surface area contributed by atoms with Gasteiger partial charge in [0.05, 0.1) is 12.1 Å². The molecule has 0 spiro atoms. The summed E-state index contributed by atoms with van der Waals surface area (Å²) in [5, 5.41) is 0.618. The highest BCUT2D eigenvalue weighted by molar-refractivity contribution is 5.97. The molecule has 0 aliphatic carbocycles. The Balaban J connectivity index is 1.65. The molecule has 4 heterocycles. The van der Waals surface area contributed by atoms with Gasteiger partial charge in [0.25, 0.3) is 5.91 Å². The maximum atomic E-state index is 13.4. The van der Waals surface area contributed by atoms with Gasteiger partial charge in [-0.15, -0.1) is 0 Å². The molecule has 28 heavy (non-hydrogen) atoms. The first-order valence-electron chi connectivity index (χ1n) is 10.1. The number of carbonyl (C=O) groups excluding carboxylic acids is 1. The van der Waals surface area contributed by atoms with Crippen LogP contribution in [0.5, 0.6) is 0 Å². The van der Waals surface area contributed by atoms with E-state index in [4.69, 9.17) is 4.74 Å². The number of carbonyl (C=O) groups is 1. The summed E-state index contributed by atoms with van der Waals surface area (Å²) in [4.78, 5) is 30.8. The van der Waals surface area contributed by atoms with E-state index in [-0.39, 0.29) is 16.9 Å². The first kappa shape index (κ1) is 19.2. The standard InChI is InChI=1S/C22H29N3O3/c1-15-4-7-20-18(10-15)21(26)19(14-23(20)2)22(27)25-12-16-5-6-17(13-25)24(11-16)8-9-28-3/h4,7,10,14,16-17H,5-6,8-9,11-13H2,1-3H3/t16-,17-/m1/s1. The number of ether oxygens (including phenoxy) is 1. The van der Waals surface area contributed by atoms with E-state index in [9.17, 15) is 9.59 Å². The Kier molecular flexibility index (Phi) is 5.25. The molecule has 150 valence electrons. The molecule has 0 N–H and O–H groups in total. The molecule has 1 amide bonds. The number of nitrogens with zero attached hydrogens (tertiary/aromatic N) is 3. The number of aromatic nitrogens is 1. The van der Waals surface area contributed by atoms with Gasteiger partial charge in [0.15, 0.2) is 0 Å². The molecule has 6 heteroatoms. The molecule has 3 fully saturated rings. The fourth-order valence-electron chi connectivity index (χ4n) is 4.76. The second kappa shape index (κ2) is 7.68. The topological polar surface area (TPSA) is 54.8 Å². The molecule has 2 atom stereocenters. The van der Waals surface area contributed by atoms with Gasteiger partial charge in [-0.25, -0.2) is 0 Å². The van der Waals surface area contributed by atoms with Crippen LogP contribution in [0.1, 0.15) is 28.8 Å². The number of hydrogen-bond donors (Lipinski definition) is 0. The van der Waals surface area contributed by atoms with Crippen molar-refractivity contribution in [3.63, 3.8) is 0 Å². The Hall–Kier alpha value is -2.18. The minimum atomic E-state index is -0.158. The molecule has 1 aromatic carbocycles. The van der Waals surface area contributed by atoms with Crippen molar-refractivity contribution in [3.8, 4) is 0 Å². The monoisotopic (exact) mass is 383 g/mol. The van der Waals surface area contributed by atoms with Crippen molar-refractivity contribution in [1.82, 2.24) is 14.4 Å². The number of pyridine rings is 1. The summed E-state index contributed by atoms with van der Waals surface area (Å²) >= 11 is 0. The lowest BCUT2D eigenvalue weighted by Gasteiger charge is -2.35. The average molecular weight is 383 g/mol. The number of methoxy groups -OCH3 is 1. The number of piperidine rings is 1. The molecular formula is C22H29N3O3. The van der Waals surface area contributed by atoms with E-state index in [0.29, 0.717) is 30.5 Å². The lowest BCUT2D eigenvalue weighted by molar-refractivity contribution is 0.0716. The zero-order valence-corrected chi connectivity index (χ0v) is 17.0. The first-order chi connectivity index (χ1) is 13.5. The zero-order valence-electron chi connectivity index (χ0n) is 17.0. The third kappa shape index (κ3) is 3.47. The highest BCUT2D eigenvalue weighted by Crippen LogP contribution is 2.28. The van der Waals surface area contributed by atoms with E-state index in [1.54, 1.807) is 13.3 Å². The van der Waals surface area contributed by atoms with E-state index in [1.807, 2.05) is 41.6 Å². The van der Waals surface area contributed by atoms with Crippen molar-refractivity contribution in [2.45, 2.75) is 25.8 Å². The van der Waals surface area contributed by atoms with Crippen molar-refractivity contribution in [3.05, 3.63) is 45.7 Å². The third-order valence-electron chi connectivity index (χ3n) is 6.27. The number of hydrogen-bond acceptors (Lipinski definition) is 4. The molecule has 0 saturated carbocycles. The maximum Gasteiger partial charge on any atom is 0.259 e. The van der Waals surface area contributed by atoms with Crippen LogP contribution in [-0.2, 0) is 11.8 Å². The number of amides is 1. The summed E-state index contributed by atoms with van der Waals surface area (Å²) in [6.45, 7) is 6.00. The van der Waals surface area contributed by atoms with Gasteiger partial charge in [-0.2, -0.15) is 0 Å². The van der Waals surface area contributed by atoms with E-state index >= 15 is 0 Å².